The summed E-state index contributed by atoms with van der Waals surface area (Å²) in [5.74, 6) is 1.36. The predicted molar refractivity (Wildman–Crippen MR) is 120 cm³/mol. The van der Waals surface area contributed by atoms with Crippen LogP contribution in [0, 0.1) is 0 Å². The number of hydrogen-bond donors (Lipinski definition) is 2. The van der Waals surface area contributed by atoms with Crippen molar-refractivity contribution in [1.82, 2.24) is 15.0 Å². The number of ether oxygens (including phenoxy) is 1. The summed E-state index contributed by atoms with van der Waals surface area (Å²) in [6.45, 7) is 0.455. The van der Waals surface area contributed by atoms with E-state index in [2.05, 4.69) is 44.5 Å². The smallest absolute Gasteiger partial charge is 0.221 e. The first kappa shape index (κ1) is 17.9. The number of H-pyrrole nitrogens is 1. The molecule has 0 bridgehead atoms. The van der Waals surface area contributed by atoms with E-state index < -0.39 is 0 Å². The number of nitrogens with one attached hydrogen (secondary N) is 2. The van der Waals surface area contributed by atoms with Crippen molar-refractivity contribution in [2.45, 2.75) is 6.61 Å². The van der Waals surface area contributed by atoms with Gasteiger partial charge in [-0.1, -0.05) is 48.5 Å². The van der Waals surface area contributed by atoms with Gasteiger partial charge in [0.2, 0.25) is 5.88 Å². The van der Waals surface area contributed by atoms with Crippen LogP contribution in [0.2, 0.25) is 0 Å². The van der Waals surface area contributed by atoms with Gasteiger partial charge in [0, 0.05) is 28.9 Å². The topological polar surface area (TPSA) is 62.8 Å². The number of nitrogens with zero attached hydrogens (tertiary/aromatic N) is 2. The first-order valence-electron chi connectivity index (χ1n) is 9.78. The van der Waals surface area contributed by atoms with Gasteiger partial charge in [0.25, 0.3) is 0 Å². The van der Waals surface area contributed by atoms with Crippen LogP contribution >= 0.6 is 0 Å². The Balaban J connectivity index is 1.55. The zero-order valence-corrected chi connectivity index (χ0v) is 16.2. The number of pyridine rings is 2. The molecule has 30 heavy (non-hydrogen) atoms. The Kier molecular flexibility index (Phi) is 4.84. The molecule has 0 amide bonds. The van der Waals surface area contributed by atoms with Crippen molar-refractivity contribution >= 4 is 22.4 Å². The molecule has 0 spiro atoms. The first-order valence-corrected chi connectivity index (χ1v) is 9.78. The van der Waals surface area contributed by atoms with Crippen molar-refractivity contribution in [3.8, 4) is 17.0 Å². The van der Waals surface area contributed by atoms with Crippen LogP contribution in [-0.4, -0.2) is 15.0 Å². The summed E-state index contributed by atoms with van der Waals surface area (Å²) < 4.78 is 6.14. The fourth-order valence-corrected chi connectivity index (χ4v) is 3.46. The second kappa shape index (κ2) is 8.09. The van der Waals surface area contributed by atoms with E-state index in [1.807, 2.05) is 60.8 Å². The van der Waals surface area contributed by atoms with Crippen LogP contribution in [-0.2, 0) is 6.61 Å². The average Bonchev–Trinajstić information content (AvgIpc) is 3.29. The van der Waals surface area contributed by atoms with E-state index >= 15 is 0 Å². The van der Waals surface area contributed by atoms with Crippen molar-refractivity contribution in [3.05, 3.63) is 103 Å². The molecule has 3 aromatic heterocycles. The summed E-state index contributed by atoms with van der Waals surface area (Å²) in [6, 6.07) is 26.2. The summed E-state index contributed by atoms with van der Waals surface area (Å²) in [7, 11) is 0. The lowest BCUT2D eigenvalue weighted by atomic mass is 10.0. The minimum absolute atomic E-state index is 0.455. The molecule has 5 aromatic rings. The molecule has 0 aliphatic rings. The van der Waals surface area contributed by atoms with Crippen LogP contribution in [0.5, 0.6) is 5.88 Å². The summed E-state index contributed by atoms with van der Waals surface area (Å²) in [4.78, 5) is 12.3. The molecule has 5 heteroatoms. The fraction of sp³-hybridized carbons (Fsp3) is 0.0400. The van der Waals surface area contributed by atoms with Gasteiger partial charge in [0.1, 0.15) is 12.4 Å². The number of aromatic nitrogens is 3. The van der Waals surface area contributed by atoms with Gasteiger partial charge in [-0.2, -0.15) is 0 Å². The Labute approximate surface area is 174 Å². The minimum atomic E-state index is 0.455. The minimum Gasteiger partial charge on any atom is -0.472 e. The number of fused-ring (bicyclic) bond motifs is 1. The molecule has 5 rings (SSSR count). The van der Waals surface area contributed by atoms with E-state index in [9.17, 15) is 0 Å². The molecule has 0 unspecified atom stereocenters. The second-order valence-corrected chi connectivity index (χ2v) is 6.94. The van der Waals surface area contributed by atoms with Crippen LogP contribution < -0.4 is 10.1 Å². The lowest BCUT2D eigenvalue weighted by Gasteiger charge is -2.14. The molecule has 0 atom stereocenters. The number of benzene rings is 2. The monoisotopic (exact) mass is 392 g/mol. The zero-order valence-electron chi connectivity index (χ0n) is 16.2. The highest BCUT2D eigenvalue weighted by molar-refractivity contribution is 5.96. The number of hydrogen-bond acceptors (Lipinski definition) is 4. The molecule has 0 fully saturated rings. The Bertz CT molecular complexity index is 1270. The lowest BCUT2D eigenvalue weighted by Crippen LogP contribution is -2.01. The standard InChI is InChI=1S/C25H20N4O/c1-2-7-18(8-3-1)17-30-25-22(20-9-6-10-23-21(20)12-14-26-23)15-19(16-28-25)29-24-11-4-5-13-27-24/h1-16,26H,17H2,(H,27,29). The largest absolute Gasteiger partial charge is 0.472 e. The molecule has 0 aliphatic carbocycles. The van der Waals surface area contributed by atoms with Gasteiger partial charge in [-0.15, -0.1) is 0 Å². The van der Waals surface area contributed by atoms with Crippen molar-refractivity contribution < 1.29 is 4.74 Å². The maximum atomic E-state index is 6.14. The molecule has 0 aliphatic heterocycles. The highest BCUT2D eigenvalue weighted by Crippen LogP contribution is 2.36. The molecule has 0 saturated carbocycles. The van der Waals surface area contributed by atoms with Crippen LogP contribution in [0.25, 0.3) is 22.0 Å². The van der Waals surface area contributed by atoms with Gasteiger partial charge in [0.05, 0.1) is 11.9 Å². The first-order chi connectivity index (χ1) is 14.9. The van der Waals surface area contributed by atoms with Gasteiger partial charge < -0.3 is 15.0 Å². The van der Waals surface area contributed by atoms with Crippen LogP contribution in [0.4, 0.5) is 11.5 Å². The molecule has 5 nitrogen and oxygen atoms in total. The van der Waals surface area contributed by atoms with Crippen LogP contribution in [0.3, 0.4) is 0 Å². The van der Waals surface area contributed by atoms with Gasteiger partial charge >= 0.3 is 0 Å². The Hall–Kier alpha value is -4.12. The highest BCUT2D eigenvalue weighted by Gasteiger charge is 2.14. The highest BCUT2D eigenvalue weighted by atomic mass is 16.5. The third-order valence-electron chi connectivity index (χ3n) is 4.89. The Morgan fingerprint density at radius 1 is 0.833 bits per heavy atom. The number of aromatic amines is 1. The number of anilines is 2. The van der Waals surface area contributed by atoms with Gasteiger partial charge in [-0.3, -0.25) is 0 Å². The summed E-state index contributed by atoms with van der Waals surface area (Å²) in [6.07, 6.45) is 5.48. The number of rotatable bonds is 6. The van der Waals surface area contributed by atoms with Gasteiger partial charge in [-0.05, 0) is 41.5 Å². The Morgan fingerprint density at radius 2 is 1.73 bits per heavy atom. The second-order valence-electron chi connectivity index (χ2n) is 6.94. The molecular weight excluding hydrogens is 372 g/mol. The zero-order chi connectivity index (χ0) is 20.2. The molecule has 146 valence electrons. The predicted octanol–water partition coefficient (Wildman–Crippen LogP) is 5.95. The maximum absolute atomic E-state index is 6.14. The summed E-state index contributed by atoms with van der Waals surface area (Å²) >= 11 is 0. The quantitative estimate of drug-likeness (QED) is 0.375. The molecule has 0 saturated heterocycles. The van der Waals surface area contributed by atoms with E-state index in [4.69, 9.17) is 4.74 Å². The van der Waals surface area contributed by atoms with Gasteiger partial charge in [-0.25, -0.2) is 9.97 Å². The van der Waals surface area contributed by atoms with Gasteiger partial charge in [0.15, 0.2) is 0 Å². The SMILES string of the molecule is c1ccc(COc2ncc(Nc3ccccn3)cc2-c2cccc3[nH]ccc23)cc1. The van der Waals surface area contributed by atoms with Crippen molar-refractivity contribution in [2.24, 2.45) is 0 Å². The molecule has 3 heterocycles. The molecule has 2 N–H and O–H groups in total. The normalized spacial score (nSPS) is 10.8. The lowest BCUT2D eigenvalue weighted by molar-refractivity contribution is 0.295. The van der Waals surface area contributed by atoms with E-state index in [1.165, 1.54) is 0 Å². The van der Waals surface area contributed by atoms with E-state index in [-0.39, 0.29) is 0 Å². The maximum Gasteiger partial charge on any atom is 0.221 e. The fourth-order valence-electron chi connectivity index (χ4n) is 3.46. The van der Waals surface area contributed by atoms with Crippen LogP contribution in [0.15, 0.2) is 97.5 Å². The van der Waals surface area contributed by atoms with Crippen LogP contribution in [0.1, 0.15) is 5.56 Å². The van der Waals surface area contributed by atoms with E-state index in [0.717, 1.165) is 39.1 Å². The third kappa shape index (κ3) is 3.73. The Morgan fingerprint density at radius 3 is 2.60 bits per heavy atom. The van der Waals surface area contributed by atoms with E-state index in [0.29, 0.717) is 12.5 Å². The molecule has 0 radical (unpaired) electrons. The molecule has 2 aromatic carbocycles. The van der Waals surface area contributed by atoms with Crippen molar-refractivity contribution in [1.29, 1.82) is 0 Å². The summed E-state index contributed by atoms with van der Waals surface area (Å²) in [5, 5.41) is 4.44. The van der Waals surface area contributed by atoms with Crippen molar-refractivity contribution in [3.63, 3.8) is 0 Å². The third-order valence-corrected chi connectivity index (χ3v) is 4.89. The van der Waals surface area contributed by atoms with E-state index in [1.54, 1.807) is 12.4 Å². The summed E-state index contributed by atoms with van der Waals surface area (Å²) in [5.41, 5.74) is 5.01. The molecular formula is C25H20N4O. The average molecular weight is 392 g/mol. The van der Waals surface area contributed by atoms with Crippen molar-refractivity contribution in [2.75, 3.05) is 5.32 Å².